The molecule has 9 heteroatoms. The summed E-state index contributed by atoms with van der Waals surface area (Å²) in [7, 11) is 0. The lowest BCUT2D eigenvalue weighted by Crippen LogP contribution is -2.45. The van der Waals surface area contributed by atoms with Crippen molar-refractivity contribution in [3.8, 4) is 16.4 Å². The fourth-order valence-corrected chi connectivity index (χ4v) is 4.19. The van der Waals surface area contributed by atoms with E-state index in [0.717, 1.165) is 17.7 Å². The van der Waals surface area contributed by atoms with Crippen molar-refractivity contribution >= 4 is 29.7 Å². The fraction of sp³-hybridized carbons (Fsp3) is 0.350. The second-order valence-electron chi connectivity index (χ2n) is 7.14. The molecule has 3 aromatic rings. The second kappa shape index (κ2) is 9.02. The summed E-state index contributed by atoms with van der Waals surface area (Å²) in [6.07, 6.45) is 1.95. The summed E-state index contributed by atoms with van der Waals surface area (Å²) in [6.45, 7) is 3.28. The summed E-state index contributed by atoms with van der Waals surface area (Å²) in [5.74, 6) is 0.495. The van der Waals surface area contributed by atoms with Crippen LogP contribution in [0.3, 0.4) is 0 Å². The van der Waals surface area contributed by atoms with E-state index >= 15 is 0 Å². The molecule has 0 spiro atoms. The van der Waals surface area contributed by atoms with E-state index in [4.69, 9.17) is 5.73 Å². The van der Waals surface area contributed by atoms with Crippen LogP contribution >= 0.6 is 23.7 Å². The molecular formula is C20H23ClFN5OS. The topological polar surface area (TPSA) is 77.0 Å². The van der Waals surface area contributed by atoms with Crippen molar-refractivity contribution in [3.05, 3.63) is 53.4 Å². The average molecular weight is 436 g/mol. The van der Waals surface area contributed by atoms with Gasteiger partial charge in [-0.1, -0.05) is 6.07 Å². The quantitative estimate of drug-likeness (QED) is 0.676. The van der Waals surface area contributed by atoms with Gasteiger partial charge in [0.25, 0.3) is 5.91 Å². The summed E-state index contributed by atoms with van der Waals surface area (Å²) in [4.78, 5) is 20.3. The van der Waals surface area contributed by atoms with E-state index in [1.54, 1.807) is 21.7 Å². The molecule has 2 unspecified atom stereocenters. The molecular weight excluding hydrogens is 413 g/mol. The molecule has 6 nitrogen and oxygen atoms in total. The van der Waals surface area contributed by atoms with Crippen LogP contribution in [-0.4, -0.2) is 44.7 Å². The Morgan fingerprint density at radius 3 is 2.72 bits per heavy atom. The first-order valence-corrected chi connectivity index (χ1v) is 10.2. The van der Waals surface area contributed by atoms with Crippen LogP contribution in [0.15, 0.2) is 41.8 Å². The number of hydrogen-bond acceptors (Lipinski definition) is 5. The van der Waals surface area contributed by atoms with Gasteiger partial charge < -0.3 is 10.6 Å². The van der Waals surface area contributed by atoms with E-state index in [0.29, 0.717) is 24.6 Å². The van der Waals surface area contributed by atoms with Crippen LogP contribution in [0, 0.1) is 11.7 Å². The molecule has 0 saturated carbocycles. The number of rotatable bonds is 4. The van der Waals surface area contributed by atoms with Crippen LogP contribution in [0.4, 0.5) is 4.39 Å². The van der Waals surface area contributed by atoms with Crippen molar-refractivity contribution in [2.45, 2.75) is 25.8 Å². The van der Waals surface area contributed by atoms with Gasteiger partial charge in [0.05, 0.1) is 10.6 Å². The van der Waals surface area contributed by atoms with E-state index in [1.165, 1.54) is 23.5 Å². The van der Waals surface area contributed by atoms with E-state index in [-0.39, 0.29) is 41.9 Å². The van der Waals surface area contributed by atoms with Crippen LogP contribution in [-0.2, 0) is 0 Å². The highest BCUT2D eigenvalue weighted by atomic mass is 35.5. The minimum Gasteiger partial charge on any atom is -0.336 e. The molecule has 0 radical (unpaired) electrons. The number of aromatic nitrogens is 3. The van der Waals surface area contributed by atoms with Crippen molar-refractivity contribution in [3.63, 3.8) is 0 Å². The fourth-order valence-electron chi connectivity index (χ4n) is 3.50. The third kappa shape index (κ3) is 4.49. The Hall–Kier alpha value is -2.29. The highest BCUT2D eigenvalue weighted by Crippen LogP contribution is 2.27. The number of halogens is 2. The van der Waals surface area contributed by atoms with Gasteiger partial charge in [-0.2, -0.15) is 0 Å². The summed E-state index contributed by atoms with van der Waals surface area (Å²) in [5.41, 5.74) is 6.70. The standard InChI is InChI=1S/C20H22FN5OS.ClH/c1-13(22)14-4-2-10-25(12-14)20(27)18-23-19(17-5-3-11-28-17)26(24-18)16-8-6-15(21)7-9-16;/h3,5-9,11,13-14H,2,4,10,12,22H2,1H3;1H. The first kappa shape index (κ1) is 21.4. The largest absolute Gasteiger partial charge is 0.336 e. The molecule has 29 heavy (non-hydrogen) atoms. The lowest BCUT2D eigenvalue weighted by atomic mass is 9.92. The van der Waals surface area contributed by atoms with Gasteiger partial charge in [-0.25, -0.2) is 14.1 Å². The maximum Gasteiger partial charge on any atom is 0.293 e. The molecule has 1 amide bonds. The number of thiophene rings is 1. The SMILES string of the molecule is CC(N)C1CCCN(C(=O)c2nc(-c3cccs3)n(-c3ccc(F)cc3)n2)C1.Cl. The predicted molar refractivity (Wildman–Crippen MR) is 114 cm³/mol. The van der Waals surface area contributed by atoms with Gasteiger partial charge in [0.2, 0.25) is 5.82 Å². The molecule has 0 bridgehead atoms. The number of piperidine rings is 1. The molecule has 0 aliphatic carbocycles. The van der Waals surface area contributed by atoms with E-state index in [1.807, 2.05) is 24.4 Å². The Kier molecular flexibility index (Phi) is 6.66. The van der Waals surface area contributed by atoms with Gasteiger partial charge in [0.1, 0.15) is 5.82 Å². The molecule has 1 fully saturated rings. The molecule has 3 heterocycles. The first-order chi connectivity index (χ1) is 13.5. The zero-order chi connectivity index (χ0) is 19.7. The van der Waals surface area contributed by atoms with Crippen LogP contribution in [0.2, 0.25) is 0 Å². The lowest BCUT2D eigenvalue weighted by Gasteiger charge is -2.33. The monoisotopic (exact) mass is 435 g/mol. The first-order valence-electron chi connectivity index (χ1n) is 9.34. The van der Waals surface area contributed by atoms with E-state index in [2.05, 4.69) is 10.1 Å². The highest BCUT2D eigenvalue weighted by molar-refractivity contribution is 7.13. The summed E-state index contributed by atoms with van der Waals surface area (Å²) in [5, 5.41) is 6.42. The van der Waals surface area contributed by atoms with Crippen molar-refractivity contribution in [2.24, 2.45) is 11.7 Å². The Morgan fingerprint density at radius 2 is 2.07 bits per heavy atom. The van der Waals surface area contributed by atoms with Crippen LogP contribution in [0.5, 0.6) is 0 Å². The number of nitrogens with two attached hydrogens (primary N) is 1. The van der Waals surface area contributed by atoms with Crippen molar-refractivity contribution < 1.29 is 9.18 Å². The molecule has 1 saturated heterocycles. The number of likely N-dealkylation sites (tertiary alicyclic amines) is 1. The molecule has 2 atom stereocenters. The highest BCUT2D eigenvalue weighted by Gasteiger charge is 2.29. The molecule has 1 aliphatic heterocycles. The number of carbonyl (C=O) groups excluding carboxylic acids is 1. The molecule has 154 valence electrons. The van der Waals surface area contributed by atoms with Crippen LogP contribution in [0.1, 0.15) is 30.4 Å². The zero-order valence-corrected chi connectivity index (χ0v) is 17.6. The van der Waals surface area contributed by atoms with Gasteiger partial charge in [0, 0.05) is 19.1 Å². The second-order valence-corrected chi connectivity index (χ2v) is 8.08. The van der Waals surface area contributed by atoms with Gasteiger partial charge >= 0.3 is 0 Å². The summed E-state index contributed by atoms with van der Waals surface area (Å²) in [6, 6.07) is 9.88. The summed E-state index contributed by atoms with van der Waals surface area (Å²) >= 11 is 1.51. The molecule has 1 aromatic carbocycles. The Bertz CT molecular complexity index is 958. The maximum atomic E-state index is 13.3. The van der Waals surface area contributed by atoms with Gasteiger partial charge in [-0.15, -0.1) is 28.8 Å². The Morgan fingerprint density at radius 1 is 1.31 bits per heavy atom. The Balaban J connectivity index is 0.00000240. The van der Waals surface area contributed by atoms with Gasteiger partial charge in [-0.3, -0.25) is 4.79 Å². The predicted octanol–water partition coefficient (Wildman–Crippen LogP) is 3.76. The van der Waals surface area contributed by atoms with E-state index in [9.17, 15) is 9.18 Å². The lowest BCUT2D eigenvalue weighted by molar-refractivity contribution is 0.0648. The minimum absolute atomic E-state index is 0. The third-order valence-electron chi connectivity index (χ3n) is 5.10. The van der Waals surface area contributed by atoms with Gasteiger partial charge in [-0.05, 0) is 61.4 Å². The van der Waals surface area contributed by atoms with Crippen molar-refractivity contribution in [1.82, 2.24) is 19.7 Å². The van der Waals surface area contributed by atoms with Crippen LogP contribution in [0.25, 0.3) is 16.4 Å². The number of benzene rings is 1. The zero-order valence-electron chi connectivity index (χ0n) is 16.0. The normalized spacial score (nSPS) is 17.6. The van der Waals surface area contributed by atoms with Crippen LogP contribution < -0.4 is 5.73 Å². The van der Waals surface area contributed by atoms with Crippen molar-refractivity contribution in [1.29, 1.82) is 0 Å². The average Bonchev–Trinajstić information content (AvgIpc) is 3.38. The van der Waals surface area contributed by atoms with E-state index < -0.39 is 0 Å². The molecule has 2 N–H and O–H groups in total. The number of amides is 1. The third-order valence-corrected chi connectivity index (χ3v) is 5.97. The number of nitrogens with zero attached hydrogens (tertiary/aromatic N) is 4. The Labute approximate surface area is 179 Å². The minimum atomic E-state index is -0.326. The molecule has 1 aliphatic rings. The smallest absolute Gasteiger partial charge is 0.293 e. The van der Waals surface area contributed by atoms with Gasteiger partial charge in [0.15, 0.2) is 5.82 Å². The van der Waals surface area contributed by atoms with Crippen molar-refractivity contribution in [2.75, 3.05) is 13.1 Å². The molecule has 4 rings (SSSR count). The summed E-state index contributed by atoms with van der Waals surface area (Å²) < 4.78 is 14.9. The number of hydrogen-bond donors (Lipinski definition) is 1. The maximum absolute atomic E-state index is 13.3. The molecule has 2 aromatic heterocycles. The number of carbonyl (C=O) groups is 1.